The largest absolute Gasteiger partial charge is 0.489 e. The molecule has 0 N–H and O–H groups in total. The quantitative estimate of drug-likeness (QED) is 0.421. The van der Waals surface area contributed by atoms with E-state index in [0.717, 1.165) is 34.3 Å². The molecule has 29 heavy (non-hydrogen) atoms. The van der Waals surface area contributed by atoms with Crippen molar-refractivity contribution in [2.75, 3.05) is 7.11 Å². The minimum absolute atomic E-state index is 0.233. The zero-order valence-corrected chi connectivity index (χ0v) is 16.4. The van der Waals surface area contributed by atoms with E-state index in [1.807, 2.05) is 66.9 Å². The first-order valence-electron chi connectivity index (χ1n) is 9.62. The second kappa shape index (κ2) is 8.65. The number of hydrogen-bond acceptors (Lipinski definition) is 3. The predicted molar refractivity (Wildman–Crippen MR) is 114 cm³/mol. The summed E-state index contributed by atoms with van der Waals surface area (Å²) in [7, 11) is 1.42. The molecule has 4 nitrogen and oxygen atoms in total. The van der Waals surface area contributed by atoms with Crippen molar-refractivity contribution in [3.63, 3.8) is 0 Å². The second-order valence-electron chi connectivity index (χ2n) is 6.97. The molecule has 1 aromatic heterocycles. The third-order valence-electron chi connectivity index (χ3n) is 4.94. The van der Waals surface area contributed by atoms with E-state index in [0.29, 0.717) is 6.61 Å². The lowest BCUT2D eigenvalue weighted by Crippen LogP contribution is -2.04. The molecule has 0 aliphatic rings. The van der Waals surface area contributed by atoms with Crippen LogP contribution in [0.5, 0.6) is 5.75 Å². The van der Waals surface area contributed by atoms with Gasteiger partial charge in [-0.2, -0.15) is 0 Å². The standard InChI is InChI=1S/C25H23NO3/c1-28-25(27)14-21-17-26(16-19-8-4-2-5-9-19)24-13-12-22(15-23(21)24)29-18-20-10-6-3-7-11-20/h2-13,15,17H,14,16,18H2,1H3. The zero-order valence-electron chi connectivity index (χ0n) is 16.4. The molecule has 0 spiro atoms. The molecule has 1 heterocycles. The molecule has 0 amide bonds. The van der Waals surface area contributed by atoms with Crippen LogP contribution in [0.15, 0.2) is 85.1 Å². The number of ether oxygens (including phenoxy) is 2. The van der Waals surface area contributed by atoms with Crippen molar-refractivity contribution in [2.45, 2.75) is 19.6 Å². The van der Waals surface area contributed by atoms with Crippen LogP contribution in [0.3, 0.4) is 0 Å². The third kappa shape index (κ3) is 4.49. The number of fused-ring (bicyclic) bond motifs is 1. The maximum atomic E-state index is 11.9. The van der Waals surface area contributed by atoms with Gasteiger partial charge in [0, 0.05) is 23.6 Å². The fraction of sp³-hybridized carbons (Fsp3) is 0.160. The lowest BCUT2D eigenvalue weighted by molar-refractivity contribution is -0.139. The number of rotatable bonds is 7. The third-order valence-corrected chi connectivity index (χ3v) is 4.94. The highest BCUT2D eigenvalue weighted by atomic mass is 16.5. The molecule has 4 aromatic rings. The molecule has 0 bridgehead atoms. The minimum Gasteiger partial charge on any atom is -0.489 e. The Balaban J connectivity index is 1.65. The van der Waals surface area contributed by atoms with E-state index in [4.69, 9.17) is 9.47 Å². The van der Waals surface area contributed by atoms with Crippen LogP contribution in [0.4, 0.5) is 0 Å². The summed E-state index contributed by atoms with van der Waals surface area (Å²) in [5.41, 5.74) is 4.33. The summed E-state index contributed by atoms with van der Waals surface area (Å²) in [5, 5.41) is 1.01. The number of nitrogens with zero attached hydrogens (tertiary/aromatic N) is 1. The summed E-state index contributed by atoms with van der Waals surface area (Å²) in [6, 6.07) is 26.4. The highest BCUT2D eigenvalue weighted by Crippen LogP contribution is 2.28. The van der Waals surface area contributed by atoms with Gasteiger partial charge >= 0.3 is 5.97 Å². The maximum Gasteiger partial charge on any atom is 0.310 e. The fourth-order valence-corrected chi connectivity index (χ4v) is 3.46. The summed E-state index contributed by atoms with van der Waals surface area (Å²) >= 11 is 0. The second-order valence-corrected chi connectivity index (χ2v) is 6.97. The van der Waals surface area contributed by atoms with Gasteiger partial charge in [-0.1, -0.05) is 60.7 Å². The average Bonchev–Trinajstić information content (AvgIpc) is 3.10. The Bertz CT molecular complexity index is 1100. The first kappa shape index (κ1) is 18.8. The fourth-order valence-electron chi connectivity index (χ4n) is 3.46. The molecular weight excluding hydrogens is 362 g/mol. The lowest BCUT2D eigenvalue weighted by atomic mass is 10.1. The van der Waals surface area contributed by atoms with Crippen LogP contribution >= 0.6 is 0 Å². The van der Waals surface area contributed by atoms with E-state index in [9.17, 15) is 4.79 Å². The van der Waals surface area contributed by atoms with Crippen molar-refractivity contribution in [3.05, 3.63) is 102 Å². The number of aromatic nitrogens is 1. The highest BCUT2D eigenvalue weighted by molar-refractivity contribution is 5.89. The summed E-state index contributed by atoms with van der Waals surface area (Å²) in [6.07, 6.45) is 2.27. The topological polar surface area (TPSA) is 40.5 Å². The molecule has 4 heteroatoms. The van der Waals surface area contributed by atoms with Crippen LogP contribution in [0, 0.1) is 0 Å². The summed E-state index contributed by atoms with van der Waals surface area (Å²) in [5.74, 6) is 0.532. The van der Waals surface area contributed by atoms with Crippen LogP contribution in [0.25, 0.3) is 10.9 Å². The van der Waals surface area contributed by atoms with E-state index >= 15 is 0 Å². The molecule has 0 fully saturated rings. The van der Waals surface area contributed by atoms with E-state index < -0.39 is 0 Å². The van der Waals surface area contributed by atoms with Gasteiger partial charge in [-0.15, -0.1) is 0 Å². The summed E-state index contributed by atoms with van der Waals surface area (Å²) < 4.78 is 13.0. The predicted octanol–water partition coefficient (Wildman–Crippen LogP) is 4.98. The van der Waals surface area contributed by atoms with Gasteiger partial charge in [-0.05, 0) is 34.9 Å². The van der Waals surface area contributed by atoms with Crippen LogP contribution in [-0.4, -0.2) is 17.6 Å². The Labute approximate surface area is 170 Å². The van der Waals surface area contributed by atoms with Crippen molar-refractivity contribution >= 4 is 16.9 Å². The maximum absolute atomic E-state index is 11.9. The zero-order chi connectivity index (χ0) is 20.1. The van der Waals surface area contributed by atoms with Crippen molar-refractivity contribution in [3.8, 4) is 5.75 Å². The first-order chi connectivity index (χ1) is 14.2. The number of hydrogen-bond donors (Lipinski definition) is 0. The molecule has 0 saturated heterocycles. The Morgan fingerprint density at radius 1 is 0.897 bits per heavy atom. The van der Waals surface area contributed by atoms with Crippen LogP contribution < -0.4 is 4.74 Å². The molecule has 0 aliphatic heterocycles. The molecule has 0 radical (unpaired) electrons. The Kier molecular flexibility index (Phi) is 5.61. The molecule has 3 aromatic carbocycles. The number of methoxy groups -OCH3 is 1. The van der Waals surface area contributed by atoms with E-state index in [-0.39, 0.29) is 12.4 Å². The van der Waals surface area contributed by atoms with Crippen LogP contribution in [-0.2, 0) is 29.1 Å². The van der Waals surface area contributed by atoms with Gasteiger partial charge in [0.2, 0.25) is 0 Å². The normalized spacial score (nSPS) is 10.8. The van der Waals surface area contributed by atoms with Gasteiger partial charge in [-0.3, -0.25) is 4.79 Å². The van der Waals surface area contributed by atoms with Gasteiger partial charge in [0.15, 0.2) is 0 Å². The van der Waals surface area contributed by atoms with E-state index in [2.05, 4.69) is 22.8 Å². The highest BCUT2D eigenvalue weighted by Gasteiger charge is 2.14. The Morgan fingerprint density at radius 2 is 1.59 bits per heavy atom. The average molecular weight is 385 g/mol. The van der Waals surface area contributed by atoms with Crippen molar-refractivity contribution in [2.24, 2.45) is 0 Å². The van der Waals surface area contributed by atoms with Crippen molar-refractivity contribution < 1.29 is 14.3 Å². The molecule has 0 unspecified atom stereocenters. The molecule has 0 aliphatic carbocycles. The van der Waals surface area contributed by atoms with Gasteiger partial charge < -0.3 is 14.0 Å². The van der Waals surface area contributed by atoms with Gasteiger partial charge in [0.05, 0.1) is 13.5 Å². The lowest BCUT2D eigenvalue weighted by Gasteiger charge is -2.08. The number of carbonyl (C=O) groups is 1. The molecule has 0 atom stereocenters. The van der Waals surface area contributed by atoms with E-state index in [1.54, 1.807) is 0 Å². The molecule has 0 saturated carbocycles. The van der Waals surface area contributed by atoms with Crippen molar-refractivity contribution in [1.29, 1.82) is 0 Å². The van der Waals surface area contributed by atoms with Crippen LogP contribution in [0.1, 0.15) is 16.7 Å². The van der Waals surface area contributed by atoms with Gasteiger partial charge in [-0.25, -0.2) is 0 Å². The Hall–Kier alpha value is -3.53. The molecule has 4 rings (SSSR count). The first-order valence-corrected chi connectivity index (χ1v) is 9.62. The van der Waals surface area contributed by atoms with Crippen LogP contribution in [0.2, 0.25) is 0 Å². The van der Waals surface area contributed by atoms with Crippen molar-refractivity contribution in [1.82, 2.24) is 4.57 Å². The molecule has 146 valence electrons. The van der Waals surface area contributed by atoms with Gasteiger partial charge in [0.1, 0.15) is 12.4 Å². The van der Waals surface area contributed by atoms with E-state index in [1.165, 1.54) is 12.7 Å². The minimum atomic E-state index is -0.251. The number of esters is 1. The monoisotopic (exact) mass is 385 g/mol. The summed E-state index contributed by atoms with van der Waals surface area (Å²) in [6.45, 7) is 1.24. The number of carbonyl (C=O) groups excluding carboxylic acids is 1. The SMILES string of the molecule is COC(=O)Cc1cn(Cc2ccccc2)c2ccc(OCc3ccccc3)cc12. The number of benzene rings is 3. The smallest absolute Gasteiger partial charge is 0.310 e. The van der Waals surface area contributed by atoms with Gasteiger partial charge in [0.25, 0.3) is 0 Å². The Morgan fingerprint density at radius 3 is 2.28 bits per heavy atom. The molecular formula is C25H23NO3. The summed E-state index contributed by atoms with van der Waals surface area (Å²) in [4.78, 5) is 11.9.